The molecule has 0 atom stereocenters. The summed E-state index contributed by atoms with van der Waals surface area (Å²) in [6, 6.07) is 5.67. The number of nitrogens with zero attached hydrogens (tertiary/aromatic N) is 2. The van der Waals surface area contributed by atoms with E-state index in [9.17, 15) is 0 Å². The predicted molar refractivity (Wildman–Crippen MR) is 81.4 cm³/mol. The van der Waals surface area contributed by atoms with Crippen LogP contribution in [0.3, 0.4) is 0 Å². The van der Waals surface area contributed by atoms with Crippen LogP contribution in [-0.2, 0) is 17.9 Å². The van der Waals surface area contributed by atoms with Crippen LogP contribution in [0.2, 0.25) is 5.02 Å². The Bertz CT molecular complexity index is 549. The number of hydrogen-bond donors (Lipinski definition) is 1. The molecule has 112 valence electrons. The van der Waals surface area contributed by atoms with Gasteiger partial charge in [-0.15, -0.1) is 0 Å². The van der Waals surface area contributed by atoms with Gasteiger partial charge in [0.15, 0.2) is 0 Å². The van der Waals surface area contributed by atoms with Gasteiger partial charge in [0.2, 0.25) is 0 Å². The maximum absolute atomic E-state index is 6.02. The van der Waals surface area contributed by atoms with Crippen LogP contribution in [0.25, 0.3) is 0 Å². The summed E-state index contributed by atoms with van der Waals surface area (Å²) >= 11 is 6.02. The second-order valence-corrected chi connectivity index (χ2v) is 4.82. The van der Waals surface area contributed by atoms with E-state index in [-0.39, 0.29) is 0 Å². The van der Waals surface area contributed by atoms with Gasteiger partial charge in [-0.25, -0.2) is 0 Å². The Kier molecular flexibility index (Phi) is 6.40. The first-order valence-electron chi connectivity index (χ1n) is 6.65. The van der Waals surface area contributed by atoms with Crippen molar-refractivity contribution in [1.29, 1.82) is 0 Å². The fourth-order valence-corrected chi connectivity index (χ4v) is 1.85. The van der Waals surface area contributed by atoms with Gasteiger partial charge in [-0.05, 0) is 18.2 Å². The molecule has 0 saturated heterocycles. The first kappa shape index (κ1) is 15.7. The molecule has 0 aliphatic heterocycles. The third kappa shape index (κ3) is 5.30. The van der Waals surface area contributed by atoms with Crippen LogP contribution in [0.4, 0.5) is 0 Å². The molecule has 0 amide bonds. The monoisotopic (exact) mass is 307 g/mol. The summed E-state index contributed by atoms with van der Waals surface area (Å²) in [5, 5.41) is 3.84. The third-order valence-electron chi connectivity index (χ3n) is 2.84. The van der Waals surface area contributed by atoms with Crippen molar-refractivity contribution in [3.8, 4) is 5.75 Å². The minimum Gasteiger partial charge on any atom is -0.487 e. The lowest BCUT2D eigenvalue weighted by Crippen LogP contribution is -2.19. The third-order valence-corrected chi connectivity index (χ3v) is 3.18. The van der Waals surface area contributed by atoms with Crippen molar-refractivity contribution in [3.63, 3.8) is 0 Å². The summed E-state index contributed by atoms with van der Waals surface area (Å²) in [7, 11) is 1.68. The first-order valence-corrected chi connectivity index (χ1v) is 7.03. The molecule has 0 aliphatic rings. The minimum absolute atomic E-state index is 0.397. The van der Waals surface area contributed by atoms with Gasteiger partial charge in [-0.1, -0.05) is 11.6 Å². The van der Waals surface area contributed by atoms with Crippen LogP contribution >= 0.6 is 11.6 Å². The highest BCUT2D eigenvalue weighted by Gasteiger charge is 2.02. The van der Waals surface area contributed by atoms with Crippen LogP contribution < -0.4 is 10.1 Å². The van der Waals surface area contributed by atoms with Crippen LogP contribution in [0, 0.1) is 0 Å². The van der Waals surface area contributed by atoms with Gasteiger partial charge in [0.25, 0.3) is 0 Å². The van der Waals surface area contributed by atoms with E-state index >= 15 is 0 Å². The molecule has 2 aromatic heterocycles. The summed E-state index contributed by atoms with van der Waals surface area (Å²) in [6.45, 7) is 2.60. The van der Waals surface area contributed by atoms with Crippen LogP contribution in [0.1, 0.15) is 11.3 Å². The molecule has 2 rings (SSSR count). The van der Waals surface area contributed by atoms with E-state index in [0.717, 1.165) is 17.8 Å². The molecular formula is C15H18ClN3O2. The number of hydrogen-bond acceptors (Lipinski definition) is 5. The lowest BCUT2D eigenvalue weighted by Gasteiger charge is -2.08. The molecule has 1 N–H and O–H groups in total. The molecule has 5 nitrogen and oxygen atoms in total. The molecular weight excluding hydrogens is 290 g/mol. The van der Waals surface area contributed by atoms with E-state index in [4.69, 9.17) is 21.1 Å². The fourth-order valence-electron chi connectivity index (χ4n) is 1.67. The summed E-state index contributed by atoms with van der Waals surface area (Å²) < 4.78 is 10.6. The molecule has 2 aromatic rings. The van der Waals surface area contributed by atoms with E-state index in [2.05, 4.69) is 15.3 Å². The standard InChI is InChI=1S/C15H18ClN3O2/c1-20-7-6-18-8-13-2-3-14(9-19-13)21-11-12-4-5-17-10-15(12)16/h2-5,9-10,18H,6-8,11H2,1H3. The Morgan fingerprint density at radius 3 is 2.86 bits per heavy atom. The zero-order valence-corrected chi connectivity index (χ0v) is 12.6. The number of ether oxygens (including phenoxy) is 2. The van der Waals surface area contributed by atoms with Crippen molar-refractivity contribution in [1.82, 2.24) is 15.3 Å². The molecule has 0 fully saturated rings. The van der Waals surface area contributed by atoms with Crippen molar-refractivity contribution < 1.29 is 9.47 Å². The Morgan fingerprint density at radius 2 is 2.14 bits per heavy atom. The molecule has 0 bridgehead atoms. The van der Waals surface area contributed by atoms with Crippen molar-refractivity contribution in [2.45, 2.75) is 13.2 Å². The van der Waals surface area contributed by atoms with Gasteiger partial charge in [-0.2, -0.15) is 0 Å². The molecule has 0 aromatic carbocycles. The van der Waals surface area contributed by atoms with Gasteiger partial charge < -0.3 is 14.8 Å². The highest BCUT2D eigenvalue weighted by atomic mass is 35.5. The normalized spacial score (nSPS) is 10.6. The second kappa shape index (κ2) is 8.56. The summed E-state index contributed by atoms with van der Waals surface area (Å²) in [6.07, 6.45) is 5.01. The number of nitrogens with one attached hydrogen (secondary N) is 1. The Morgan fingerprint density at radius 1 is 1.24 bits per heavy atom. The molecule has 21 heavy (non-hydrogen) atoms. The van der Waals surface area contributed by atoms with Crippen molar-refractivity contribution in [2.24, 2.45) is 0 Å². The second-order valence-electron chi connectivity index (χ2n) is 4.41. The first-order chi connectivity index (χ1) is 10.3. The van der Waals surface area contributed by atoms with Crippen LogP contribution in [-0.4, -0.2) is 30.2 Å². The van der Waals surface area contributed by atoms with Crippen molar-refractivity contribution >= 4 is 11.6 Å². The molecule has 0 unspecified atom stereocenters. The van der Waals surface area contributed by atoms with Crippen molar-refractivity contribution in [3.05, 3.63) is 53.1 Å². The quantitative estimate of drug-likeness (QED) is 0.759. The summed E-state index contributed by atoms with van der Waals surface area (Å²) in [4.78, 5) is 8.27. The lowest BCUT2D eigenvalue weighted by atomic mass is 10.3. The highest BCUT2D eigenvalue weighted by molar-refractivity contribution is 6.31. The minimum atomic E-state index is 0.397. The topological polar surface area (TPSA) is 56.3 Å². The Balaban J connectivity index is 1.81. The molecule has 0 aliphatic carbocycles. The SMILES string of the molecule is COCCNCc1ccc(OCc2ccncc2Cl)cn1. The molecule has 0 saturated carbocycles. The maximum atomic E-state index is 6.02. The smallest absolute Gasteiger partial charge is 0.138 e. The van der Waals surface area contributed by atoms with Crippen molar-refractivity contribution in [2.75, 3.05) is 20.3 Å². The van der Waals surface area contributed by atoms with Gasteiger partial charge >= 0.3 is 0 Å². The van der Waals surface area contributed by atoms with E-state index in [1.807, 2.05) is 18.2 Å². The van der Waals surface area contributed by atoms with Gasteiger partial charge in [0.1, 0.15) is 12.4 Å². The van der Waals surface area contributed by atoms with Gasteiger partial charge in [-0.3, -0.25) is 9.97 Å². The van der Waals surface area contributed by atoms with Gasteiger partial charge in [0.05, 0.1) is 23.5 Å². The average Bonchev–Trinajstić information content (AvgIpc) is 2.52. The number of halogens is 1. The summed E-state index contributed by atoms with van der Waals surface area (Å²) in [5.74, 6) is 0.712. The fraction of sp³-hybridized carbons (Fsp3) is 0.333. The summed E-state index contributed by atoms with van der Waals surface area (Å²) in [5.41, 5.74) is 1.86. The zero-order valence-electron chi connectivity index (χ0n) is 11.9. The number of pyridine rings is 2. The lowest BCUT2D eigenvalue weighted by molar-refractivity contribution is 0.199. The Labute approximate surface area is 129 Å². The van der Waals surface area contributed by atoms with E-state index in [1.54, 1.807) is 25.7 Å². The predicted octanol–water partition coefficient (Wildman–Crippen LogP) is 2.45. The van der Waals surface area contributed by atoms with E-state index in [1.165, 1.54) is 0 Å². The van der Waals surface area contributed by atoms with E-state index < -0.39 is 0 Å². The van der Waals surface area contributed by atoms with Gasteiger partial charge in [0, 0.05) is 38.2 Å². The molecule has 6 heteroatoms. The van der Waals surface area contributed by atoms with Crippen LogP contribution in [0.15, 0.2) is 36.8 Å². The zero-order chi connectivity index (χ0) is 14.9. The van der Waals surface area contributed by atoms with E-state index in [0.29, 0.717) is 30.5 Å². The molecule has 0 spiro atoms. The van der Waals surface area contributed by atoms with Crippen LogP contribution in [0.5, 0.6) is 5.75 Å². The average molecular weight is 308 g/mol. The Hall–Kier alpha value is -1.69. The number of aromatic nitrogens is 2. The molecule has 0 radical (unpaired) electrons. The highest BCUT2D eigenvalue weighted by Crippen LogP contribution is 2.17. The largest absolute Gasteiger partial charge is 0.487 e. The number of methoxy groups -OCH3 is 1. The molecule has 2 heterocycles. The maximum Gasteiger partial charge on any atom is 0.138 e. The number of rotatable bonds is 8.